The molecule has 130 valence electrons. The molecule has 3 atom stereocenters. The van der Waals surface area contributed by atoms with Crippen LogP contribution in [0.4, 0.5) is 0 Å². The Kier molecular flexibility index (Phi) is 4.22. The molecular formula is C20H23N3O2. The van der Waals surface area contributed by atoms with Crippen molar-refractivity contribution in [1.29, 1.82) is 0 Å². The number of nitrogens with one attached hydrogen (secondary N) is 1. The van der Waals surface area contributed by atoms with E-state index in [0.717, 1.165) is 29.9 Å². The standard InChI is InChI=1S/C20H23N3O2/c1-24-14-6-4-5-13(11-14)16-12-18(16)23-20(21)22-17-9-10-25-19-8-3-2-7-15(17)19/h2-8,11,16-18H,9-10,12H2,1H3,(H3,21,22,23)/t16-,17?,18+/m0/s1. The summed E-state index contributed by atoms with van der Waals surface area (Å²) in [5.74, 6) is 2.78. The minimum absolute atomic E-state index is 0.0615. The molecule has 1 fully saturated rings. The van der Waals surface area contributed by atoms with Crippen LogP contribution in [0.3, 0.4) is 0 Å². The van der Waals surface area contributed by atoms with Gasteiger partial charge in [0, 0.05) is 23.9 Å². The first-order valence-corrected chi connectivity index (χ1v) is 8.70. The van der Waals surface area contributed by atoms with Gasteiger partial charge in [0.25, 0.3) is 0 Å². The number of rotatable bonds is 4. The van der Waals surface area contributed by atoms with Crippen molar-refractivity contribution in [2.24, 2.45) is 10.7 Å². The van der Waals surface area contributed by atoms with Crippen LogP contribution in [0.25, 0.3) is 0 Å². The lowest BCUT2D eigenvalue weighted by Crippen LogP contribution is -2.35. The Morgan fingerprint density at radius 1 is 1.24 bits per heavy atom. The zero-order valence-electron chi connectivity index (χ0n) is 14.3. The predicted octanol–water partition coefficient (Wildman–Crippen LogP) is 2.98. The first-order valence-electron chi connectivity index (χ1n) is 8.70. The van der Waals surface area contributed by atoms with Gasteiger partial charge in [-0.3, -0.25) is 0 Å². The molecule has 0 amide bonds. The molecule has 5 nitrogen and oxygen atoms in total. The van der Waals surface area contributed by atoms with Crippen molar-refractivity contribution in [1.82, 2.24) is 5.32 Å². The quantitative estimate of drug-likeness (QED) is 0.665. The van der Waals surface area contributed by atoms with Crippen molar-refractivity contribution in [3.63, 3.8) is 0 Å². The van der Waals surface area contributed by atoms with Gasteiger partial charge in [-0.1, -0.05) is 30.3 Å². The van der Waals surface area contributed by atoms with E-state index >= 15 is 0 Å². The highest BCUT2D eigenvalue weighted by Gasteiger charge is 2.39. The summed E-state index contributed by atoms with van der Waals surface area (Å²) >= 11 is 0. The topological polar surface area (TPSA) is 68.9 Å². The molecule has 5 heteroatoms. The number of nitrogens with two attached hydrogens (primary N) is 1. The van der Waals surface area contributed by atoms with Crippen molar-refractivity contribution in [2.75, 3.05) is 13.7 Å². The first kappa shape index (κ1) is 15.8. The molecule has 2 aromatic carbocycles. The van der Waals surface area contributed by atoms with Gasteiger partial charge in [-0.25, -0.2) is 4.99 Å². The molecule has 1 unspecified atom stereocenters. The van der Waals surface area contributed by atoms with Crippen LogP contribution >= 0.6 is 0 Å². The van der Waals surface area contributed by atoms with Gasteiger partial charge in [-0.05, 0) is 30.2 Å². The molecule has 25 heavy (non-hydrogen) atoms. The van der Waals surface area contributed by atoms with Gasteiger partial charge in [0.1, 0.15) is 11.5 Å². The van der Waals surface area contributed by atoms with Crippen LogP contribution in [0.15, 0.2) is 53.5 Å². The van der Waals surface area contributed by atoms with Gasteiger partial charge in [0.2, 0.25) is 0 Å². The Morgan fingerprint density at radius 3 is 3.00 bits per heavy atom. The van der Waals surface area contributed by atoms with Gasteiger partial charge in [0.15, 0.2) is 5.96 Å². The number of aliphatic imine (C=N–C) groups is 1. The van der Waals surface area contributed by atoms with Crippen LogP contribution in [0.1, 0.15) is 35.9 Å². The highest BCUT2D eigenvalue weighted by molar-refractivity contribution is 5.79. The van der Waals surface area contributed by atoms with E-state index in [0.29, 0.717) is 24.5 Å². The molecule has 3 N–H and O–H groups in total. The second-order valence-corrected chi connectivity index (χ2v) is 6.57. The minimum Gasteiger partial charge on any atom is -0.497 e. The lowest BCUT2D eigenvalue weighted by molar-refractivity contribution is 0.269. The Bertz CT molecular complexity index is 790. The Balaban J connectivity index is 1.42. The molecule has 0 aromatic heterocycles. The summed E-state index contributed by atoms with van der Waals surface area (Å²) in [6.07, 6.45) is 1.91. The first-order chi connectivity index (χ1) is 12.2. The number of hydrogen-bond acceptors (Lipinski definition) is 3. The monoisotopic (exact) mass is 337 g/mol. The van der Waals surface area contributed by atoms with E-state index in [1.54, 1.807) is 7.11 Å². The maximum Gasteiger partial charge on any atom is 0.189 e. The predicted molar refractivity (Wildman–Crippen MR) is 98.2 cm³/mol. The summed E-state index contributed by atoms with van der Waals surface area (Å²) in [6.45, 7) is 0.675. The second kappa shape index (κ2) is 6.67. The van der Waals surface area contributed by atoms with Gasteiger partial charge < -0.3 is 20.5 Å². The van der Waals surface area contributed by atoms with Crippen LogP contribution in [0.2, 0.25) is 0 Å². The third kappa shape index (κ3) is 3.40. The van der Waals surface area contributed by atoms with Crippen LogP contribution in [0.5, 0.6) is 11.5 Å². The number of methoxy groups -OCH3 is 1. The van der Waals surface area contributed by atoms with Crippen molar-refractivity contribution >= 4 is 5.96 Å². The third-order valence-corrected chi connectivity index (χ3v) is 4.87. The normalized spacial score (nSPS) is 24.8. The number of benzene rings is 2. The van der Waals surface area contributed by atoms with Crippen molar-refractivity contribution in [3.8, 4) is 11.5 Å². The molecule has 0 saturated heterocycles. The molecule has 0 spiro atoms. The van der Waals surface area contributed by atoms with Crippen LogP contribution in [-0.2, 0) is 0 Å². The fourth-order valence-electron chi connectivity index (χ4n) is 3.45. The van der Waals surface area contributed by atoms with Crippen LogP contribution in [-0.4, -0.2) is 25.7 Å². The SMILES string of the molecule is COc1cccc([C@@H]2C[C@H]2NC(N)=NC2CCOc3ccccc32)c1. The highest BCUT2D eigenvalue weighted by Crippen LogP contribution is 2.41. The van der Waals surface area contributed by atoms with E-state index in [-0.39, 0.29) is 6.04 Å². The molecule has 2 aliphatic rings. The third-order valence-electron chi connectivity index (χ3n) is 4.87. The molecule has 4 rings (SSSR count). The van der Waals surface area contributed by atoms with Crippen molar-refractivity contribution in [2.45, 2.75) is 30.8 Å². The van der Waals surface area contributed by atoms with E-state index in [1.165, 1.54) is 5.56 Å². The van der Waals surface area contributed by atoms with E-state index < -0.39 is 0 Å². The molecular weight excluding hydrogens is 314 g/mol. The van der Waals surface area contributed by atoms with Gasteiger partial charge >= 0.3 is 0 Å². The zero-order chi connectivity index (χ0) is 17.2. The van der Waals surface area contributed by atoms with E-state index in [9.17, 15) is 0 Å². The van der Waals surface area contributed by atoms with Crippen LogP contribution in [0, 0.1) is 0 Å². The lowest BCUT2D eigenvalue weighted by atomic mass is 10.0. The Morgan fingerprint density at radius 2 is 2.12 bits per heavy atom. The summed E-state index contributed by atoms with van der Waals surface area (Å²) in [5, 5.41) is 3.36. The maximum absolute atomic E-state index is 6.17. The summed E-state index contributed by atoms with van der Waals surface area (Å²) in [7, 11) is 1.69. The average molecular weight is 337 g/mol. The molecule has 0 bridgehead atoms. The smallest absolute Gasteiger partial charge is 0.189 e. The number of nitrogens with zero attached hydrogens (tertiary/aromatic N) is 1. The van der Waals surface area contributed by atoms with Gasteiger partial charge in [-0.2, -0.15) is 0 Å². The molecule has 0 radical (unpaired) electrons. The fourth-order valence-corrected chi connectivity index (χ4v) is 3.45. The molecule has 1 saturated carbocycles. The molecule has 2 aromatic rings. The fraction of sp³-hybridized carbons (Fsp3) is 0.350. The second-order valence-electron chi connectivity index (χ2n) is 6.57. The van der Waals surface area contributed by atoms with Crippen molar-refractivity contribution < 1.29 is 9.47 Å². The average Bonchev–Trinajstić information content (AvgIpc) is 3.41. The zero-order valence-corrected chi connectivity index (χ0v) is 14.3. The Hall–Kier alpha value is -2.69. The summed E-state index contributed by atoms with van der Waals surface area (Å²) in [5.41, 5.74) is 8.56. The van der Waals surface area contributed by atoms with Gasteiger partial charge in [-0.15, -0.1) is 0 Å². The van der Waals surface area contributed by atoms with E-state index in [1.807, 2.05) is 30.3 Å². The summed E-state index contributed by atoms with van der Waals surface area (Å²) in [6, 6.07) is 16.7. The Labute approximate surface area is 147 Å². The number of guanidine groups is 1. The number of para-hydroxylation sites is 1. The molecule has 1 aliphatic carbocycles. The van der Waals surface area contributed by atoms with Crippen LogP contribution < -0.4 is 20.5 Å². The highest BCUT2D eigenvalue weighted by atomic mass is 16.5. The lowest BCUT2D eigenvalue weighted by Gasteiger charge is -2.23. The number of fused-ring (bicyclic) bond motifs is 1. The van der Waals surface area contributed by atoms with E-state index in [4.69, 9.17) is 20.2 Å². The summed E-state index contributed by atoms with van der Waals surface area (Å²) < 4.78 is 11.0. The van der Waals surface area contributed by atoms with E-state index in [2.05, 4.69) is 23.5 Å². The molecule has 1 aliphatic heterocycles. The van der Waals surface area contributed by atoms with Gasteiger partial charge in [0.05, 0.1) is 19.8 Å². The minimum atomic E-state index is 0.0615. The number of hydrogen-bond donors (Lipinski definition) is 2. The molecule has 1 heterocycles. The largest absolute Gasteiger partial charge is 0.497 e. The summed E-state index contributed by atoms with van der Waals surface area (Å²) in [4.78, 5) is 4.70. The van der Waals surface area contributed by atoms with Crippen molar-refractivity contribution in [3.05, 3.63) is 59.7 Å². The number of ether oxygens (including phenoxy) is 2. The maximum atomic E-state index is 6.17.